The van der Waals surface area contributed by atoms with Crippen LogP contribution in [-0.2, 0) is 37.9 Å². The average Bonchev–Trinajstić information content (AvgIpc) is 1.74. The highest BCUT2D eigenvalue weighted by molar-refractivity contribution is 7.87. The van der Waals surface area contributed by atoms with Crippen LogP contribution in [0.4, 0.5) is 45.5 Å². The van der Waals surface area contributed by atoms with Crippen LogP contribution in [0.25, 0.3) is 89.2 Å². The van der Waals surface area contributed by atoms with Crippen molar-refractivity contribution in [1.29, 1.82) is 0 Å². The normalized spacial score (nSPS) is 13.0. The molecule has 3 fully saturated rings. The van der Waals surface area contributed by atoms with E-state index in [9.17, 15) is 8.42 Å². The van der Waals surface area contributed by atoms with E-state index in [0.717, 1.165) is 201 Å². The quantitative estimate of drug-likeness (QED) is 0.0378. The molecule has 8 aromatic carbocycles. The Kier molecular flexibility index (Phi) is 29.2. The minimum Gasteiger partial charge on any atom is -0.497 e. The highest BCUT2D eigenvalue weighted by atomic mass is 32.2. The zero-order valence-electron chi connectivity index (χ0n) is 78.9. The summed E-state index contributed by atoms with van der Waals surface area (Å²) in [4.78, 5) is 53.8. The van der Waals surface area contributed by atoms with Gasteiger partial charge in [0.15, 0.2) is 0 Å². The van der Waals surface area contributed by atoms with Crippen molar-refractivity contribution >= 4 is 111 Å². The molecule has 10 heterocycles. The van der Waals surface area contributed by atoms with Crippen molar-refractivity contribution in [3.63, 3.8) is 0 Å². The van der Waals surface area contributed by atoms with Gasteiger partial charge in [0.05, 0.1) is 190 Å². The number of nitrogens with one attached hydrogen (secondary N) is 2. The Hall–Kier alpha value is -15.0. The molecule has 0 amide bonds. The van der Waals surface area contributed by atoms with Gasteiger partial charge < -0.3 is 62.4 Å². The van der Waals surface area contributed by atoms with Crippen LogP contribution >= 0.6 is 11.3 Å². The summed E-state index contributed by atoms with van der Waals surface area (Å²) in [5.74, 6) is 7.25. The number of aromatic nitrogens is 17. The van der Waals surface area contributed by atoms with E-state index < -0.39 is 10.2 Å². The zero-order valence-corrected chi connectivity index (χ0v) is 80.5. The molecule has 9 aromatic heterocycles. The minimum atomic E-state index is -3.58. The molecule has 0 atom stereocenters. The van der Waals surface area contributed by atoms with E-state index in [4.69, 9.17) is 57.8 Å². The molecule has 2 aliphatic carbocycles. The van der Waals surface area contributed by atoms with Gasteiger partial charge in [0.25, 0.3) is 10.2 Å². The molecule has 2 saturated carbocycles. The van der Waals surface area contributed by atoms with Gasteiger partial charge in [-0.3, -0.25) is 39.1 Å². The molecule has 17 aromatic rings. The summed E-state index contributed by atoms with van der Waals surface area (Å²) in [5.41, 5.74) is 22.0. The van der Waals surface area contributed by atoms with Gasteiger partial charge in [0.2, 0.25) is 0 Å². The van der Waals surface area contributed by atoms with Crippen LogP contribution in [0.15, 0.2) is 225 Å². The van der Waals surface area contributed by atoms with Gasteiger partial charge in [0.1, 0.15) is 46.0 Å². The van der Waals surface area contributed by atoms with Crippen LogP contribution in [0.3, 0.4) is 0 Å². The number of thiazole rings is 1. The molecule has 20 rings (SSSR count). The number of H-pyrrole nitrogens is 1. The Morgan fingerprint density at radius 2 is 0.788 bits per heavy atom. The number of aromatic amines is 1. The lowest BCUT2D eigenvalue weighted by atomic mass is 10.1. The molecule has 706 valence electrons. The smallest absolute Gasteiger partial charge is 0.278 e. The van der Waals surface area contributed by atoms with Crippen molar-refractivity contribution in [1.82, 2.24) is 98.3 Å². The van der Waals surface area contributed by atoms with Gasteiger partial charge in [0, 0.05) is 239 Å². The predicted molar refractivity (Wildman–Crippen MR) is 535 cm³/mol. The number of fused-ring (bicyclic) bond motifs is 4. The summed E-state index contributed by atoms with van der Waals surface area (Å²) in [7, 11) is 16.6. The average molecular weight is 1880 g/mol. The molecule has 1 aliphatic heterocycles. The second kappa shape index (κ2) is 42.7. The molecule has 137 heavy (non-hydrogen) atoms. The Bertz CT molecular complexity index is 7100. The van der Waals surface area contributed by atoms with Crippen LogP contribution in [0.1, 0.15) is 49.2 Å². The molecular formula is C101H110N24O10S2. The van der Waals surface area contributed by atoms with Crippen LogP contribution in [0, 0.1) is 18.8 Å². The Morgan fingerprint density at radius 1 is 0.416 bits per heavy atom. The first-order chi connectivity index (χ1) is 66.6. The first kappa shape index (κ1) is 93.8. The topological polar surface area (TPSA) is 338 Å². The number of hydrogen-bond acceptors (Lipinski definition) is 29. The summed E-state index contributed by atoms with van der Waals surface area (Å²) in [6, 6.07) is 47.9. The van der Waals surface area contributed by atoms with Gasteiger partial charge in [-0.1, -0.05) is 0 Å². The fourth-order valence-electron chi connectivity index (χ4n) is 15.9. The van der Waals surface area contributed by atoms with Crippen LogP contribution in [-0.4, -0.2) is 218 Å². The minimum absolute atomic E-state index is 0.166. The highest BCUT2D eigenvalue weighted by Gasteiger charge is 2.29. The molecule has 3 aliphatic rings. The first-order valence-corrected chi connectivity index (χ1v) is 47.4. The van der Waals surface area contributed by atoms with E-state index in [1.165, 1.54) is 52.6 Å². The lowest BCUT2D eigenvalue weighted by Gasteiger charge is -2.28. The van der Waals surface area contributed by atoms with Gasteiger partial charge in [-0.2, -0.15) is 33.1 Å². The first-order valence-electron chi connectivity index (χ1n) is 45.1. The number of aryl methyl sites for hydroxylation is 4. The molecule has 34 nitrogen and oxygen atoms in total. The van der Waals surface area contributed by atoms with Crippen molar-refractivity contribution in [2.75, 3.05) is 136 Å². The van der Waals surface area contributed by atoms with E-state index >= 15 is 0 Å². The summed E-state index contributed by atoms with van der Waals surface area (Å²) >= 11 is 1.64. The van der Waals surface area contributed by atoms with Gasteiger partial charge >= 0.3 is 0 Å². The van der Waals surface area contributed by atoms with Crippen molar-refractivity contribution < 1.29 is 46.3 Å². The number of hydrogen-bond donors (Lipinski definition) is 2. The third-order valence-electron chi connectivity index (χ3n) is 23.7. The predicted octanol–water partition coefficient (Wildman–Crippen LogP) is 17.4. The van der Waals surface area contributed by atoms with Crippen LogP contribution in [0.5, 0.6) is 46.0 Å². The second-order valence-corrected chi connectivity index (χ2v) is 36.8. The standard InChI is InChI=1S/C27H29N5O2.C25H24N6O2S.C25H28N6O2.C24H29N7O4S/c1-31-16-20(13-29-31)27-14-28-25-8-7-21(11-26(25)30-27)32(15-18-3-4-18)22-9-23(33-2)12-24(10-22)34-17-19-5-6-19;1-16-28-18(15-34-16)14-31(20-7-21(32-3)10-22(8-20)33-4)19-5-6-23-24(9-19)29-25(12-26-23)17-11-27-30(2)13-17;1-32-21-11-20(12-22(14-21)33-2)31(10-9-30-7-3-4-8-30)19-5-6-23-24(13-19)29-25(17-26-23)18-15-27-28-16-18;1-29(2)36(32,33)27-8-9-31(19-10-20(34-4)13-21(11-19)35-5)18-6-7-22-23(12-18)28-24(15-25-22)17-14-26-30(3)16-17/h7-14,16,18-19H,3-6,15,17H2,1-2H3;5-13,15H,14H2,1-4H3;5-6,11-17H,3-4,7-10H2,1-2H3,(H,27,28);6-7,10-16,27H,8-9H2,1-5H3. The van der Waals surface area contributed by atoms with Crippen molar-refractivity contribution in [3.05, 3.63) is 236 Å². The van der Waals surface area contributed by atoms with E-state index in [1.54, 1.807) is 118 Å². The Labute approximate surface area is 799 Å². The van der Waals surface area contributed by atoms with Crippen molar-refractivity contribution in [2.24, 2.45) is 33.0 Å². The number of nitrogens with zero attached hydrogens (tertiary/aromatic N) is 22. The van der Waals surface area contributed by atoms with Gasteiger partial charge in [-0.25, -0.2) is 29.6 Å². The number of likely N-dealkylation sites (tertiary alicyclic amines) is 1. The monoisotopic (exact) mass is 1880 g/mol. The number of rotatable bonds is 34. The molecule has 0 spiro atoms. The van der Waals surface area contributed by atoms with E-state index in [1.807, 2.05) is 167 Å². The van der Waals surface area contributed by atoms with Gasteiger partial charge in [-0.15, -0.1) is 11.3 Å². The SMILES string of the molecule is COc1cc(OC)cc(N(CCN2CCCC2)c2ccc3ncc(-c4cn[nH]c4)nc3c2)c1.COc1cc(OC)cc(N(CCNS(=O)(=O)N(C)C)c2ccc3ncc(-c4cnn(C)c4)nc3c2)c1.COc1cc(OC)cc(N(Cc2csc(C)n2)c2ccc3ncc(-c4cnn(C)c4)nc3c2)c1.COc1cc(OCC2CC2)cc(N(CC2CC2)c2ccc3ncc(-c4cnn(C)c4)nc3c2)c1. The van der Waals surface area contributed by atoms with Gasteiger partial charge in [-0.05, 0) is 143 Å². The third kappa shape index (κ3) is 23.5. The van der Waals surface area contributed by atoms with Crippen molar-refractivity contribution in [2.45, 2.75) is 52.0 Å². The third-order valence-corrected chi connectivity index (χ3v) is 26.1. The van der Waals surface area contributed by atoms with E-state index in [-0.39, 0.29) is 6.54 Å². The molecule has 2 N–H and O–H groups in total. The molecule has 0 bridgehead atoms. The highest BCUT2D eigenvalue weighted by Crippen LogP contribution is 2.43. The van der Waals surface area contributed by atoms with Crippen LogP contribution in [0.2, 0.25) is 0 Å². The number of methoxy groups -OCH3 is 7. The second-order valence-electron chi connectivity index (χ2n) is 33.8. The maximum absolute atomic E-state index is 12.3. The zero-order chi connectivity index (χ0) is 95.2. The maximum atomic E-state index is 12.3. The lowest BCUT2D eigenvalue weighted by molar-refractivity contribution is 0.297. The Morgan fingerprint density at radius 3 is 1.15 bits per heavy atom. The molecule has 36 heteroatoms. The fourth-order valence-corrected chi connectivity index (χ4v) is 17.1. The molecule has 1 saturated heterocycles. The Balaban J connectivity index is 0.000000127. The van der Waals surface area contributed by atoms with E-state index in [2.05, 4.69) is 123 Å². The fraction of sp³-hybridized carbons (Fsp3) is 0.297. The largest absolute Gasteiger partial charge is 0.497 e. The molecule has 0 unspecified atom stereocenters. The molecule has 0 radical (unpaired) electrons. The number of benzene rings is 8. The molecular weight excluding hydrogens is 1770 g/mol. The summed E-state index contributed by atoms with van der Waals surface area (Å²) < 4.78 is 78.3. The van der Waals surface area contributed by atoms with Crippen LogP contribution < -0.4 is 62.2 Å². The summed E-state index contributed by atoms with van der Waals surface area (Å²) in [6.07, 6.45) is 29.4. The maximum Gasteiger partial charge on any atom is 0.278 e. The lowest BCUT2D eigenvalue weighted by Crippen LogP contribution is -2.39. The van der Waals surface area contributed by atoms with Crippen molar-refractivity contribution in [3.8, 4) is 91.0 Å². The summed E-state index contributed by atoms with van der Waals surface area (Å²) in [5, 5.41) is 22.7. The van der Waals surface area contributed by atoms with E-state index in [0.29, 0.717) is 59.1 Å². The summed E-state index contributed by atoms with van der Waals surface area (Å²) in [6.45, 7) is 8.98. The number of anilines is 8. The number of ether oxygens (including phenoxy) is 8.